The van der Waals surface area contributed by atoms with Crippen LogP contribution in [-0.2, 0) is 14.4 Å². The molecule has 0 heterocycles. The van der Waals surface area contributed by atoms with Crippen molar-refractivity contribution in [3.63, 3.8) is 0 Å². The number of unbranched alkanes of at least 4 members (excludes halogenated alkanes) is 7. The summed E-state index contributed by atoms with van der Waals surface area (Å²) in [5, 5.41) is 32.0. The van der Waals surface area contributed by atoms with Gasteiger partial charge in [0.15, 0.2) is 0 Å². The normalized spacial score (nSPS) is 12.6. The van der Waals surface area contributed by atoms with E-state index >= 15 is 0 Å². The van der Waals surface area contributed by atoms with Gasteiger partial charge in [0.2, 0.25) is 0 Å². The van der Waals surface area contributed by atoms with E-state index in [2.05, 4.69) is 20.8 Å². The summed E-state index contributed by atoms with van der Waals surface area (Å²) in [7, 11) is 0. The molecule has 0 radical (unpaired) electrons. The van der Waals surface area contributed by atoms with Crippen LogP contribution < -0.4 is 15.3 Å². The molecule has 0 N–H and O–H groups in total. The van der Waals surface area contributed by atoms with Crippen LogP contribution in [0.3, 0.4) is 0 Å². The van der Waals surface area contributed by atoms with Gasteiger partial charge in [0.25, 0.3) is 0 Å². The Bertz CT molecular complexity index is 555. The second kappa shape index (κ2) is 25.0. The Morgan fingerprint density at radius 2 is 0.811 bits per heavy atom. The third-order valence-corrected chi connectivity index (χ3v) is 6.79. The molecule has 0 aromatic heterocycles. The van der Waals surface area contributed by atoms with Gasteiger partial charge in [-0.15, -0.1) is 0 Å². The summed E-state index contributed by atoms with van der Waals surface area (Å²) in [6, 6.07) is 0. The number of carboxylic acid groups (broad SMARTS) is 3. The zero-order chi connectivity index (χ0) is 28.8. The average Bonchev–Trinajstić information content (AvgIpc) is 2.79. The van der Waals surface area contributed by atoms with E-state index in [1.54, 1.807) is 34.6 Å². The van der Waals surface area contributed by atoms with Gasteiger partial charge in [-0.2, -0.15) is 0 Å². The number of carboxylic acids is 3. The largest absolute Gasteiger partial charge is 3.00 e. The molecular weight excluding hydrogens is 608 g/mol. The van der Waals surface area contributed by atoms with Gasteiger partial charge >= 0.3 is 49.4 Å². The van der Waals surface area contributed by atoms with Crippen LogP contribution >= 0.6 is 0 Å². The monoisotopic (exact) mass is 666 g/mol. The molecule has 6 nitrogen and oxygen atoms in total. The van der Waals surface area contributed by atoms with Gasteiger partial charge < -0.3 is 29.7 Å². The van der Waals surface area contributed by atoms with Gasteiger partial charge in [-0.1, -0.05) is 133 Å². The van der Waals surface area contributed by atoms with E-state index in [9.17, 15) is 29.7 Å². The number of aliphatic carboxylic acids is 3. The minimum atomic E-state index is -0.931. The zero-order valence-corrected chi connectivity index (χ0v) is 27.9. The predicted molar refractivity (Wildman–Crippen MR) is 143 cm³/mol. The Kier molecular flexibility index (Phi) is 29.7. The number of carbonyl (C=O) groups excluding carboxylic acids is 3. The average molecular weight is 666 g/mol. The second-order valence-electron chi connectivity index (χ2n) is 11.7. The smallest absolute Gasteiger partial charge is 0.550 e. The molecule has 0 fully saturated rings. The van der Waals surface area contributed by atoms with Crippen LogP contribution in [0.4, 0.5) is 0 Å². The summed E-state index contributed by atoms with van der Waals surface area (Å²) >= 11 is 0. The predicted octanol–water partition coefficient (Wildman–Crippen LogP) is 5.20. The van der Waals surface area contributed by atoms with Crippen molar-refractivity contribution >= 4 is 17.9 Å². The van der Waals surface area contributed by atoms with Gasteiger partial charge in [-0.05, 0) is 25.7 Å². The molecule has 0 aromatic rings. The second-order valence-corrected chi connectivity index (χ2v) is 11.7. The van der Waals surface area contributed by atoms with Gasteiger partial charge in [-0.25, -0.2) is 0 Å². The first-order chi connectivity index (χ1) is 16.6. The van der Waals surface area contributed by atoms with Crippen LogP contribution in [0.25, 0.3) is 0 Å². The van der Waals surface area contributed by atoms with Crippen molar-refractivity contribution in [1.82, 2.24) is 0 Å². The van der Waals surface area contributed by atoms with Crippen molar-refractivity contribution in [2.45, 2.75) is 159 Å². The number of hydrogen-bond donors (Lipinski definition) is 0. The third-order valence-electron chi connectivity index (χ3n) is 6.79. The third kappa shape index (κ3) is 24.8. The van der Waals surface area contributed by atoms with E-state index < -0.39 is 34.2 Å². The molecule has 1 atom stereocenters. The van der Waals surface area contributed by atoms with Crippen molar-refractivity contribution in [2.75, 3.05) is 0 Å². The van der Waals surface area contributed by atoms with E-state index in [0.717, 1.165) is 70.6 Å². The summed E-state index contributed by atoms with van der Waals surface area (Å²) < 4.78 is 0. The molecule has 0 saturated carbocycles. The van der Waals surface area contributed by atoms with E-state index in [1.165, 1.54) is 25.7 Å². The first-order valence-corrected chi connectivity index (χ1v) is 14.2. The van der Waals surface area contributed by atoms with Crippen LogP contribution in [0.15, 0.2) is 0 Å². The summed E-state index contributed by atoms with van der Waals surface area (Å²) in [6.45, 7) is 17.1. The summed E-state index contributed by atoms with van der Waals surface area (Å²) in [6.07, 6.45) is 14.9. The minimum absolute atomic E-state index is 0. The van der Waals surface area contributed by atoms with Crippen molar-refractivity contribution < 1.29 is 79.1 Å². The SMILES string of the molecule is CCCCC(C)(CCC)C(=O)[O-].CCCCCCC(C)(C)C(=O)[O-].CCCCCCC(C)(C)C(=O)[O-].[Eu+3]. The Labute approximate surface area is 269 Å². The van der Waals surface area contributed by atoms with Crippen molar-refractivity contribution in [2.24, 2.45) is 16.2 Å². The first kappa shape index (κ1) is 44.0. The Hall–Kier alpha value is -0.00558. The van der Waals surface area contributed by atoms with Crippen LogP contribution in [0.1, 0.15) is 159 Å². The maximum atomic E-state index is 10.8. The fourth-order valence-corrected chi connectivity index (χ4v) is 3.64. The Balaban J connectivity index is -0.000000218. The van der Waals surface area contributed by atoms with Crippen LogP contribution in [0.5, 0.6) is 0 Å². The van der Waals surface area contributed by atoms with Crippen molar-refractivity contribution in [3.05, 3.63) is 0 Å². The van der Waals surface area contributed by atoms with Crippen molar-refractivity contribution in [1.29, 1.82) is 0 Å². The fraction of sp³-hybridized carbons (Fsp3) is 0.900. The molecule has 37 heavy (non-hydrogen) atoms. The molecule has 0 aliphatic heterocycles. The van der Waals surface area contributed by atoms with Gasteiger partial charge in [0.05, 0.1) is 0 Å². The van der Waals surface area contributed by atoms with E-state index in [4.69, 9.17) is 0 Å². The summed E-state index contributed by atoms with van der Waals surface area (Å²) in [4.78, 5) is 32.0. The molecular formula is C30H57EuO6. The molecule has 0 aliphatic rings. The van der Waals surface area contributed by atoms with Gasteiger partial charge in [-0.3, -0.25) is 0 Å². The molecule has 0 bridgehead atoms. The molecule has 0 aromatic carbocycles. The van der Waals surface area contributed by atoms with Crippen molar-refractivity contribution in [3.8, 4) is 0 Å². The topological polar surface area (TPSA) is 120 Å². The molecule has 7 heteroatoms. The standard InChI is InChI=1S/3C10H20O2.Eu/c2*1-4-5-6-7-8-10(2,3)9(11)12;1-4-6-8-10(3,7-5-2)9(11)12;/h3*4-8H2,1-3H3,(H,11,12);/q;;;+3/p-3. The van der Waals surface area contributed by atoms with Crippen LogP contribution in [0, 0.1) is 65.6 Å². The number of rotatable bonds is 18. The number of hydrogen-bond acceptors (Lipinski definition) is 6. The molecule has 0 amide bonds. The molecule has 1 unspecified atom stereocenters. The number of carbonyl (C=O) groups is 3. The van der Waals surface area contributed by atoms with E-state index in [1.807, 2.05) is 6.92 Å². The Morgan fingerprint density at radius 3 is 1.05 bits per heavy atom. The van der Waals surface area contributed by atoms with Gasteiger partial charge in [0, 0.05) is 34.2 Å². The Morgan fingerprint density at radius 1 is 0.459 bits per heavy atom. The zero-order valence-electron chi connectivity index (χ0n) is 25.4. The minimum Gasteiger partial charge on any atom is -0.550 e. The van der Waals surface area contributed by atoms with Crippen LogP contribution in [0.2, 0.25) is 0 Å². The fourth-order valence-electron chi connectivity index (χ4n) is 3.64. The molecule has 0 rings (SSSR count). The molecule has 0 spiro atoms. The first-order valence-electron chi connectivity index (χ1n) is 14.2. The molecule has 220 valence electrons. The maximum Gasteiger partial charge on any atom is 3.00 e. The quantitative estimate of drug-likeness (QED) is 0.186. The molecule has 0 saturated heterocycles. The van der Waals surface area contributed by atoms with E-state index in [-0.39, 0.29) is 49.4 Å². The van der Waals surface area contributed by atoms with E-state index in [0.29, 0.717) is 0 Å². The van der Waals surface area contributed by atoms with Crippen LogP contribution in [-0.4, -0.2) is 17.9 Å². The maximum absolute atomic E-state index is 10.8. The summed E-state index contributed by atoms with van der Waals surface area (Å²) in [5.41, 5.74) is -1.88. The summed E-state index contributed by atoms with van der Waals surface area (Å²) in [5.74, 6) is -2.75. The molecule has 0 aliphatic carbocycles. The van der Waals surface area contributed by atoms with Gasteiger partial charge in [0.1, 0.15) is 0 Å².